The van der Waals surface area contributed by atoms with E-state index in [4.69, 9.17) is 10.2 Å². The Balaban J connectivity index is 2.84. The molecule has 0 saturated heterocycles. The van der Waals surface area contributed by atoms with Gasteiger partial charge in [-0.15, -0.1) is 0 Å². The Morgan fingerprint density at radius 2 is 2.15 bits per heavy atom. The highest BCUT2D eigenvalue weighted by Crippen LogP contribution is 2.15. The maximum atomic E-state index is 13.2. The number of benzene rings is 1. The molecule has 2 amide bonds. The van der Waals surface area contributed by atoms with Gasteiger partial charge in [0.15, 0.2) is 0 Å². The molecular formula is C13H17FN2O4. The zero-order valence-corrected chi connectivity index (χ0v) is 11.0. The molecule has 1 rings (SSSR count). The van der Waals surface area contributed by atoms with Crippen LogP contribution in [0.3, 0.4) is 0 Å². The first-order valence-electron chi connectivity index (χ1n) is 6.16. The second-order valence-corrected chi connectivity index (χ2v) is 4.08. The molecule has 1 aromatic rings. The number of carbonyl (C=O) groups is 2. The Kier molecular flexibility index (Phi) is 5.92. The van der Waals surface area contributed by atoms with E-state index in [1.54, 1.807) is 13.0 Å². The van der Waals surface area contributed by atoms with E-state index >= 15 is 0 Å². The number of anilines is 1. The average molecular weight is 284 g/mol. The maximum Gasteiger partial charge on any atom is 0.326 e. The number of urea groups is 1. The number of carbonyl (C=O) groups excluding carboxylic acids is 1. The normalized spacial score (nSPS) is 11.8. The number of hydrogen-bond acceptors (Lipinski definition) is 3. The van der Waals surface area contributed by atoms with Gasteiger partial charge in [-0.05, 0) is 25.1 Å². The Morgan fingerprint density at radius 1 is 1.45 bits per heavy atom. The molecule has 0 heterocycles. The third kappa shape index (κ3) is 4.20. The zero-order chi connectivity index (χ0) is 15.1. The number of aliphatic hydroxyl groups is 1. The first-order chi connectivity index (χ1) is 9.49. The van der Waals surface area contributed by atoms with E-state index in [0.717, 1.165) is 0 Å². The molecule has 1 aromatic carbocycles. The maximum absolute atomic E-state index is 13.2. The van der Waals surface area contributed by atoms with E-state index in [9.17, 15) is 14.0 Å². The van der Waals surface area contributed by atoms with Crippen molar-refractivity contribution in [3.05, 3.63) is 30.1 Å². The number of carboxylic acids is 1. The second kappa shape index (κ2) is 7.44. The quantitative estimate of drug-likeness (QED) is 0.732. The second-order valence-electron chi connectivity index (χ2n) is 4.08. The molecule has 3 N–H and O–H groups in total. The number of aliphatic carboxylic acids is 1. The van der Waals surface area contributed by atoms with Crippen molar-refractivity contribution in [1.29, 1.82) is 0 Å². The molecule has 0 spiro atoms. The van der Waals surface area contributed by atoms with Crippen LogP contribution >= 0.6 is 0 Å². The molecule has 0 aliphatic rings. The molecule has 0 aliphatic heterocycles. The number of nitrogens with one attached hydrogen (secondary N) is 1. The zero-order valence-electron chi connectivity index (χ0n) is 11.0. The van der Waals surface area contributed by atoms with Crippen LogP contribution in [0.1, 0.15) is 13.3 Å². The Morgan fingerprint density at radius 3 is 2.65 bits per heavy atom. The van der Waals surface area contributed by atoms with Gasteiger partial charge in [0, 0.05) is 25.3 Å². The molecule has 0 radical (unpaired) electrons. The van der Waals surface area contributed by atoms with Gasteiger partial charge in [-0.25, -0.2) is 14.0 Å². The van der Waals surface area contributed by atoms with Gasteiger partial charge in [0.05, 0.1) is 0 Å². The predicted octanol–water partition coefficient (Wildman–Crippen LogP) is 1.20. The lowest BCUT2D eigenvalue weighted by molar-refractivity contribution is -0.139. The minimum Gasteiger partial charge on any atom is -0.480 e. The third-order valence-electron chi connectivity index (χ3n) is 2.69. The average Bonchev–Trinajstić information content (AvgIpc) is 2.39. The summed E-state index contributed by atoms with van der Waals surface area (Å²) in [5.74, 6) is -1.72. The molecule has 0 fully saturated rings. The monoisotopic (exact) mass is 284 g/mol. The largest absolute Gasteiger partial charge is 0.480 e. The van der Waals surface area contributed by atoms with Crippen LogP contribution in [-0.2, 0) is 4.79 Å². The van der Waals surface area contributed by atoms with E-state index in [1.165, 1.54) is 23.1 Å². The Bertz CT molecular complexity index is 481. The highest BCUT2D eigenvalue weighted by molar-refractivity contribution is 5.94. The first-order valence-corrected chi connectivity index (χ1v) is 6.16. The number of carboxylic acid groups (broad SMARTS) is 1. The summed E-state index contributed by atoms with van der Waals surface area (Å²) in [4.78, 5) is 24.2. The van der Waals surface area contributed by atoms with Crippen LogP contribution in [0.4, 0.5) is 14.9 Å². The van der Waals surface area contributed by atoms with Crippen LogP contribution in [0.5, 0.6) is 0 Å². The molecule has 6 nitrogen and oxygen atoms in total. The van der Waals surface area contributed by atoms with Crippen molar-refractivity contribution in [2.45, 2.75) is 19.4 Å². The van der Waals surface area contributed by atoms with E-state index in [1.807, 2.05) is 0 Å². The molecule has 0 saturated carbocycles. The highest BCUT2D eigenvalue weighted by Gasteiger charge is 2.23. The first kappa shape index (κ1) is 15.9. The van der Waals surface area contributed by atoms with Gasteiger partial charge in [-0.1, -0.05) is 6.07 Å². The molecule has 0 aliphatic carbocycles. The number of rotatable bonds is 6. The number of halogens is 1. The van der Waals surface area contributed by atoms with Crippen LogP contribution < -0.4 is 10.2 Å². The fourth-order valence-corrected chi connectivity index (χ4v) is 1.70. The van der Waals surface area contributed by atoms with Gasteiger partial charge < -0.3 is 15.5 Å². The molecular weight excluding hydrogens is 267 g/mol. The standard InChI is InChI=1S/C13H17FN2O4/c1-2-16(10-5-3-4-9(14)8-10)13(20)15-11(6-7-17)12(18)19/h3-5,8,11,17H,2,6-7H2,1H3,(H,15,20)(H,18,19)/t11-/m0/s1. The van der Waals surface area contributed by atoms with Crippen molar-refractivity contribution in [3.63, 3.8) is 0 Å². The smallest absolute Gasteiger partial charge is 0.326 e. The SMILES string of the molecule is CCN(C(=O)N[C@@H](CCO)C(=O)O)c1cccc(F)c1. The molecule has 7 heteroatoms. The third-order valence-corrected chi connectivity index (χ3v) is 2.69. The van der Waals surface area contributed by atoms with Crippen LogP contribution in [0.15, 0.2) is 24.3 Å². The van der Waals surface area contributed by atoms with E-state index < -0.39 is 23.9 Å². The number of hydrogen-bond donors (Lipinski definition) is 3. The van der Waals surface area contributed by atoms with Gasteiger partial charge in [-0.3, -0.25) is 4.90 Å². The summed E-state index contributed by atoms with van der Waals surface area (Å²) in [5, 5.41) is 20.0. The lowest BCUT2D eigenvalue weighted by Gasteiger charge is -2.23. The molecule has 1 atom stereocenters. The van der Waals surface area contributed by atoms with Crippen molar-refractivity contribution in [2.24, 2.45) is 0 Å². The summed E-state index contributed by atoms with van der Waals surface area (Å²) in [6.07, 6.45) is -0.0955. The van der Waals surface area contributed by atoms with Crippen molar-refractivity contribution in [2.75, 3.05) is 18.1 Å². The summed E-state index contributed by atoms with van der Waals surface area (Å²) in [6.45, 7) is 1.58. The number of amides is 2. The molecule has 0 unspecified atom stereocenters. The van der Waals surface area contributed by atoms with Gasteiger partial charge in [-0.2, -0.15) is 0 Å². The molecule has 20 heavy (non-hydrogen) atoms. The minimum atomic E-state index is -1.23. The van der Waals surface area contributed by atoms with E-state index in [0.29, 0.717) is 5.69 Å². The van der Waals surface area contributed by atoms with Crippen LogP contribution in [0, 0.1) is 5.82 Å². The Hall–Kier alpha value is -2.15. The van der Waals surface area contributed by atoms with Crippen LogP contribution in [-0.4, -0.2) is 41.4 Å². The van der Waals surface area contributed by atoms with Crippen molar-refractivity contribution < 1.29 is 24.2 Å². The lowest BCUT2D eigenvalue weighted by atomic mass is 10.2. The van der Waals surface area contributed by atoms with E-state index in [2.05, 4.69) is 5.32 Å². The van der Waals surface area contributed by atoms with Crippen LogP contribution in [0.2, 0.25) is 0 Å². The van der Waals surface area contributed by atoms with Gasteiger partial charge in [0.25, 0.3) is 0 Å². The van der Waals surface area contributed by atoms with Gasteiger partial charge in [0.1, 0.15) is 11.9 Å². The minimum absolute atomic E-state index is 0.0955. The van der Waals surface area contributed by atoms with Gasteiger partial charge in [0.2, 0.25) is 0 Å². The highest BCUT2D eigenvalue weighted by atomic mass is 19.1. The van der Waals surface area contributed by atoms with E-state index in [-0.39, 0.29) is 19.6 Å². The predicted molar refractivity (Wildman–Crippen MR) is 71.1 cm³/mol. The molecule has 110 valence electrons. The van der Waals surface area contributed by atoms with Crippen molar-refractivity contribution >= 4 is 17.7 Å². The summed E-state index contributed by atoms with van der Waals surface area (Å²) >= 11 is 0. The summed E-state index contributed by atoms with van der Waals surface area (Å²) in [5.41, 5.74) is 0.332. The van der Waals surface area contributed by atoms with Gasteiger partial charge >= 0.3 is 12.0 Å². The Labute approximate surface area is 115 Å². The molecule has 0 aromatic heterocycles. The fraction of sp³-hybridized carbons (Fsp3) is 0.385. The summed E-state index contributed by atoms with van der Waals surface area (Å²) < 4.78 is 13.2. The number of aliphatic hydroxyl groups excluding tert-OH is 1. The lowest BCUT2D eigenvalue weighted by Crippen LogP contribution is -2.48. The van der Waals surface area contributed by atoms with Crippen LogP contribution in [0.25, 0.3) is 0 Å². The topological polar surface area (TPSA) is 89.9 Å². The van der Waals surface area contributed by atoms with Crippen molar-refractivity contribution in [1.82, 2.24) is 5.32 Å². The fourth-order valence-electron chi connectivity index (χ4n) is 1.70. The van der Waals surface area contributed by atoms with Crippen molar-refractivity contribution in [3.8, 4) is 0 Å². The summed E-state index contributed by atoms with van der Waals surface area (Å²) in [7, 11) is 0. The number of nitrogens with zero attached hydrogens (tertiary/aromatic N) is 1. The molecule has 0 bridgehead atoms. The summed E-state index contributed by atoms with van der Waals surface area (Å²) in [6, 6.07) is 3.61.